The molecular formula is C57H35N3O. The van der Waals surface area contributed by atoms with Gasteiger partial charge in [0.05, 0.1) is 0 Å². The van der Waals surface area contributed by atoms with Crippen molar-refractivity contribution in [2.75, 3.05) is 0 Å². The summed E-state index contributed by atoms with van der Waals surface area (Å²) in [4.78, 5) is 14.7. The molecule has 10 aromatic carbocycles. The fourth-order valence-corrected chi connectivity index (χ4v) is 8.83. The van der Waals surface area contributed by atoms with Gasteiger partial charge in [-0.15, -0.1) is 0 Å². The first-order valence-electron chi connectivity index (χ1n) is 20.6. The molecule has 2 aromatic heterocycles. The number of nitrogens with zero attached hydrogens (tertiary/aromatic N) is 3. The van der Waals surface area contributed by atoms with E-state index >= 15 is 0 Å². The fraction of sp³-hybridized carbons (Fsp3) is 0. The first-order chi connectivity index (χ1) is 30.2. The van der Waals surface area contributed by atoms with Crippen molar-refractivity contribution in [3.05, 3.63) is 212 Å². The highest BCUT2D eigenvalue weighted by Gasteiger charge is 2.16. The summed E-state index contributed by atoms with van der Waals surface area (Å²) in [7, 11) is 0. The Kier molecular flexibility index (Phi) is 8.13. The number of furan rings is 1. The molecule has 0 aliphatic rings. The Morgan fingerprint density at radius 3 is 1.10 bits per heavy atom. The number of hydrogen-bond donors (Lipinski definition) is 0. The molecule has 0 aliphatic heterocycles. The lowest BCUT2D eigenvalue weighted by Crippen LogP contribution is -2.00. The molecule has 0 atom stereocenters. The second-order valence-electron chi connectivity index (χ2n) is 15.6. The first-order valence-corrected chi connectivity index (χ1v) is 20.6. The van der Waals surface area contributed by atoms with Gasteiger partial charge < -0.3 is 4.42 Å². The minimum atomic E-state index is 0.599. The smallest absolute Gasteiger partial charge is 0.164 e. The van der Waals surface area contributed by atoms with Gasteiger partial charge in [-0.1, -0.05) is 182 Å². The lowest BCUT2D eigenvalue weighted by atomic mass is 9.91. The van der Waals surface area contributed by atoms with Gasteiger partial charge in [-0.2, -0.15) is 0 Å². The van der Waals surface area contributed by atoms with Crippen LogP contribution in [0.15, 0.2) is 217 Å². The van der Waals surface area contributed by atoms with E-state index in [1.165, 1.54) is 54.6 Å². The standard InChI is InChI=1S/C57H35N3O/c1-3-11-40(12-4-1)55-58-56(41-13-5-2-6-14-41)60-57(59-55)44-28-31-50-52-34-43(29-32-53(52)61-54(50)35-44)39-25-21-37(22-26-39)36-19-23-38(24-20-36)42-27-30-49-47-17-8-7-15-45(47)46-16-9-10-18-48(46)51(49)33-42/h1-35H. The van der Waals surface area contributed by atoms with E-state index in [-0.39, 0.29) is 0 Å². The maximum Gasteiger partial charge on any atom is 0.164 e. The minimum Gasteiger partial charge on any atom is -0.456 e. The van der Waals surface area contributed by atoms with Gasteiger partial charge in [-0.05, 0) is 96.0 Å². The maximum absolute atomic E-state index is 6.44. The van der Waals surface area contributed by atoms with Crippen LogP contribution in [0.25, 0.3) is 122 Å². The molecule has 0 radical (unpaired) electrons. The summed E-state index contributed by atoms with van der Waals surface area (Å²) in [6.45, 7) is 0. The van der Waals surface area contributed by atoms with E-state index in [9.17, 15) is 0 Å². The molecule has 0 saturated heterocycles. The molecule has 0 saturated carbocycles. The number of hydrogen-bond acceptors (Lipinski definition) is 4. The molecule has 0 N–H and O–H groups in total. The molecule has 12 aromatic rings. The number of benzene rings is 10. The molecule has 12 rings (SSSR count). The molecule has 0 bridgehead atoms. The van der Waals surface area contributed by atoms with Gasteiger partial charge in [0.25, 0.3) is 0 Å². The van der Waals surface area contributed by atoms with Crippen LogP contribution < -0.4 is 0 Å². The first kappa shape index (κ1) is 34.8. The Morgan fingerprint density at radius 1 is 0.213 bits per heavy atom. The Labute approximate surface area is 352 Å². The van der Waals surface area contributed by atoms with E-state index < -0.39 is 0 Å². The third-order valence-corrected chi connectivity index (χ3v) is 11.9. The Bertz CT molecular complexity index is 3520. The quantitative estimate of drug-likeness (QED) is 0.158. The molecule has 284 valence electrons. The molecular weight excluding hydrogens is 743 g/mol. The highest BCUT2D eigenvalue weighted by molar-refractivity contribution is 6.25. The summed E-state index contributed by atoms with van der Waals surface area (Å²) in [5.41, 5.74) is 11.4. The molecule has 4 heteroatoms. The SMILES string of the molecule is c1ccc(-c2nc(-c3ccccc3)nc(-c3ccc4c(c3)oc3ccc(-c5ccc(-c6ccc(-c7ccc8c9ccccc9c9ccccc9c8c7)cc6)cc5)cc34)n2)cc1. The lowest BCUT2D eigenvalue weighted by molar-refractivity contribution is 0.669. The fourth-order valence-electron chi connectivity index (χ4n) is 8.83. The van der Waals surface area contributed by atoms with Gasteiger partial charge in [0.2, 0.25) is 0 Å². The summed E-state index contributed by atoms with van der Waals surface area (Å²) in [5.74, 6) is 1.86. The predicted octanol–water partition coefficient (Wildman–Crippen LogP) is 15.2. The maximum atomic E-state index is 6.44. The average Bonchev–Trinajstić information content (AvgIpc) is 3.72. The van der Waals surface area contributed by atoms with Crippen molar-refractivity contribution in [2.45, 2.75) is 0 Å². The van der Waals surface area contributed by atoms with Crippen LogP contribution in [-0.2, 0) is 0 Å². The van der Waals surface area contributed by atoms with Crippen LogP contribution >= 0.6 is 0 Å². The molecule has 0 aliphatic carbocycles. The van der Waals surface area contributed by atoms with Crippen molar-refractivity contribution < 1.29 is 4.42 Å². The minimum absolute atomic E-state index is 0.599. The number of rotatable bonds is 6. The Hall–Kier alpha value is -8.21. The van der Waals surface area contributed by atoms with Crippen molar-refractivity contribution in [1.82, 2.24) is 15.0 Å². The van der Waals surface area contributed by atoms with Gasteiger partial charge in [-0.3, -0.25) is 0 Å². The molecule has 0 fully saturated rings. The highest BCUT2D eigenvalue weighted by Crippen LogP contribution is 2.39. The van der Waals surface area contributed by atoms with Crippen LogP contribution in [0.4, 0.5) is 0 Å². The van der Waals surface area contributed by atoms with Gasteiger partial charge in [0, 0.05) is 27.5 Å². The van der Waals surface area contributed by atoms with Crippen molar-refractivity contribution in [2.24, 2.45) is 0 Å². The van der Waals surface area contributed by atoms with Crippen LogP contribution in [0.3, 0.4) is 0 Å². The summed E-state index contributed by atoms with van der Waals surface area (Å²) >= 11 is 0. The highest BCUT2D eigenvalue weighted by atomic mass is 16.3. The van der Waals surface area contributed by atoms with E-state index in [0.29, 0.717) is 17.5 Å². The van der Waals surface area contributed by atoms with Crippen molar-refractivity contribution in [3.63, 3.8) is 0 Å². The summed E-state index contributed by atoms with van der Waals surface area (Å²) in [6.07, 6.45) is 0. The second kappa shape index (κ2) is 14.3. The zero-order chi connectivity index (χ0) is 40.3. The van der Waals surface area contributed by atoms with Crippen molar-refractivity contribution in [1.29, 1.82) is 0 Å². The summed E-state index contributed by atoms with van der Waals surface area (Å²) in [5, 5.41) is 9.86. The Morgan fingerprint density at radius 2 is 0.574 bits per heavy atom. The monoisotopic (exact) mass is 777 g/mol. The Balaban J connectivity index is 0.833. The average molecular weight is 778 g/mol. The van der Waals surface area contributed by atoms with E-state index in [2.05, 4.69) is 146 Å². The van der Waals surface area contributed by atoms with Crippen LogP contribution in [-0.4, -0.2) is 15.0 Å². The zero-order valence-electron chi connectivity index (χ0n) is 33.0. The third-order valence-electron chi connectivity index (χ3n) is 11.9. The van der Waals surface area contributed by atoms with Crippen LogP contribution in [0.1, 0.15) is 0 Å². The molecule has 2 heterocycles. The predicted molar refractivity (Wildman–Crippen MR) is 252 cm³/mol. The van der Waals surface area contributed by atoms with E-state index in [1.54, 1.807) is 0 Å². The topological polar surface area (TPSA) is 51.8 Å². The van der Waals surface area contributed by atoms with Crippen LogP contribution in [0.2, 0.25) is 0 Å². The summed E-state index contributed by atoms with van der Waals surface area (Å²) in [6, 6.07) is 74.9. The lowest BCUT2D eigenvalue weighted by Gasteiger charge is -2.12. The van der Waals surface area contributed by atoms with E-state index in [0.717, 1.165) is 49.8 Å². The van der Waals surface area contributed by atoms with Crippen LogP contribution in [0, 0.1) is 0 Å². The normalized spacial score (nSPS) is 11.6. The van der Waals surface area contributed by atoms with Crippen molar-refractivity contribution >= 4 is 54.3 Å². The largest absolute Gasteiger partial charge is 0.456 e. The molecule has 61 heavy (non-hydrogen) atoms. The van der Waals surface area contributed by atoms with Gasteiger partial charge in [-0.25, -0.2) is 15.0 Å². The molecule has 4 nitrogen and oxygen atoms in total. The second-order valence-corrected chi connectivity index (χ2v) is 15.6. The molecule has 0 spiro atoms. The zero-order valence-corrected chi connectivity index (χ0v) is 33.0. The van der Waals surface area contributed by atoms with Gasteiger partial charge in [0.15, 0.2) is 17.5 Å². The van der Waals surface area contributed by atoms with Gasteiger partial charge >= 0.3 is 0 Å². The number of fused-ring (bicyclic) bond motifs is 9. The van der Waals surface area contributed by atoms with Crippen LogP contribution in [0.5, 0.6) is 0 Å². The van der Waals surface area contributed by atoms with E-state index in [1.807, 2.05) is 66.7 Å². The molecule has 0 unspecified atom stereocenters. The summed E-state index contributed by atoms with van der Waals surface area (Å²) < 4.78 is 6.44. The van der Waals surface area contributed by atoms with E-state index in [4.69, 9.17) is 19.4 Å². The third kappa shape index (κ3) is 6.12. The van der Waals surface area contributed by atoms with Crippen molar-refractivity contribution in [3.8, 4) is 67.5 Å². The van der Waals surface area contributed by atoms with Gasteiger partial charge in [0.1, 0.15) is 11.2 Å². The number of aromatic nitrogens is 3. The molecule has 0 amide bonds.